The van der Waals surface area contributed by atoms with Gasteiger partial charge in [0, 0.05) is 18.2 Å². The number of nitrogens with one attached hydrogen (secondary N) is 1. The van der Waals surface area contributed by atoms with Gasteiger partial charge in [-0.1, -0.05) is 23.4 Å². The molecule has 0 saturated heterocycles. The molecule has 1 aliphatic heterocycles. The molecule has 1 N–H and O–H groups in total. The van der Waals surface area contributed by atoms with Gasteiger partial charge in [-0.25, -0.2) is 0 Å². The standard InChI is InChI=1S/C14H16N2O2/c1-15-9-14-12-4-2-3-11(10(12)5-7-17-14)13-6-8-18-16-13/h2-4,6,8,14-15H,5,7,9H2,1H3/t14-/m1/s1. The smallest absolute Gasteiger partial charge is 0.124 e. The molecule has 1 aromatic carbocycles. The van der Waals surface area contributed by atoms with Crippen molar-refractivity contribution in [1.82, 2.24) is 10.5 Å². The van der Waals surface area contributed by atoms with E-state index in [1.54, 1.807) is 6.26 Å². The zero-order valence-corrected chi connectivity index (χ0v) is 10.3. The fraction of sp³-hybridized carbons (Fsp3) is 0.357. The van der Waals surface area contributed by atoms with Gasteiger partial charge >= 0.3 is 0 Å². The van der Waals surface area contributed by atoms with Gasteiger partial charge in [-0.05, 0) is 24.6 Å². The molecule has 1 atom stereocenters. The van der Waals surface area contributed by atoms with Crippen LogP contribution in [0.5, 0.6) is 0 Å². The summed E-state index contributed by atoms with van der Waals surface area (Å²) in [7, 11) is 1.94. The zero-order valence-electron chi connectivity index (χ0n) is 10.3. The fourth-order valence-corrected chi connectivity index (χ4v) is 2.52. The van der Waals surface area contributed by atoms with E-state index in [1.165, 1.54) is 11.1 Å². The normalized spacial score (nSPS) is 18.6. The first-order chi connectivity index (χ1) is 8.90. The lowest BCUT2D eigenvalue weighted by Gasteiger charge is -2.27. The number of nitrogens with zero attached hydrogens (tertiary/aromatic N) is 1. The SMILES string of the molecule is CNC[C@H]1OCCc2c(-c3ccon3)cccc21. The Morgan fingerprint density at radius 3 is 3.11 bits per heavy atom. The highest BCUT2D eigenvalue weighted by molar-refractivity contribution is 5.65. The van der Waals surface area contributed by atoms with Crippen LogP contribution in [0.25, 0.3) is 11.3 Å². The van der Waals surface area contributed by atoms with Gasteiger partial charge in [0.1, 0.15) is 12.0 Å². The van der Waals surface area contributed by atoms with E-state index >= 15 is 0 Å². The number of likely N-dealkylation sites (N-methyl/N-ethyl adjacent to an activating group) is 1. The van der Waals surface area contributed by atoms with Crippen molar-refractivity contribution in [2.45, 2.75) is 12.5 Å². The molecule has 1 aliphatic rings. The van der Waals surface area contributed by atoms with Crippen LogP contribution < -0.4 is 5.32 Å². The topological polar surface area (TPSA) is 47.3 Å². The molecule has 2 aromatic rings. The Labute approximate surface area is 106 Å². The molecule has 0 fully saturated rings. The number of hydrogen-bond donors (Lipinski definition) is 1. The molecule has 0 aliphatic carbocycles. The molecule has 18 heavy (non-hydrogen) atoms. The maximum Gasteiger partial charge on any atom is 0.124 e. The Balaban J connectivity index is 2.06. The summed E-state index contributed by atoms with van der Waals surface area (Å²) in [5.74, 6) is 0. The molecule has 2 heterocycles. The van der Waals surface area contributed by atoms with Crippen LogP contribution >= 0.6 is 0 Å². The van der Waals surface area contributed by atoms with Crippen LogP contribution in [0.4, 0.5) is 0 Å². The first-order valence-corrected chi connectivity index (χ1v) is 6.19. The molecule has 0 radical (unpaired) electrons. The van der Waals surface area contributed by atoms with Crippen LogP contribution in [0.15, 0.2) is 35.1 Å². The lowest BCUT2D eigenvalue weighted by Crippen LogP contribution is -2.25. The summed E-state index contributed by atoms with van der Waals surface area (Å²) in [6, 6.07) is 8.19. The van der Waals surface area contributed by atoms with Gasteiger partial charge in [0.2, 0.25) is 0 Å². The first-order valence-electron chi connectivity index (χ1n) is 6.19. The van der Waals surface area contributed by atoms with Gasteiger partial charge in [-0.3, -0.25) is 0 Å². The van der Waals surface area contributed by atoms with Crippen molar-refractivity contribution in [2.24, 2.45) is 0 Å². The monoisotopic (exact) mass is 244 g/mol. The molecule has 0 saturated carbocycles. The minimum Gasteiger partial charge on any atom is -0.372 e. The van der Waals surface area contributed by atoms with Crippen LogP contribution in [-0.2, 0) is 11.2 Å². The van der Waals surface area contributed by atoms with E-state index in [0.29, 0.717) is 0 Å². The van der Waals surface area contributed by atoms with E-state index in [9.17, 15) is 0 Å². The predicted molar refractivity (Wildman–Crippen MR) is 68.3 cm³/mol. The molecule has 3 rings (SSSR count). The summed E-state index contributed by atoms with van der Waals surface area (Å²) in [5.41, 5.74) is 4.65. The number of benzene rings is 1. The molecule has 4 heteroatoms. The second-order valence-electron chi connectivity index (χ2n) is 4.43. The Bertz CT molecular complexity index is 523. The highest BCUT2D eigenvalue weighted by atomic mass is 16.5. The van der Waals surface area contributed by atoms with E-state index in [-0.39, 0.29) is 6.10 Å². The Hall–Kier alpha value is -1.65. The van der Waals surface area contributed by atoms with Crippen molar-refractivity contribution in [2.75, 3.05) is 20.2 Å². The van der Waals surface area contributed by atoms with Crippen LogP contribution in [0.2, 0.25) is 0 Å². The Morgan fingerprint density at radius 2 is 2.33 bits per heavy atom. The van der Waals surface area contributed by atoms with E-state index in [0.717, 1.165) is 30.8 Å². The quantitative estimate of drug-likeness (QED) is 0.899. The van der Waals surface area contributed by atoms with E-state index in [1.807, 2.05) is 13.1 Å². The van der Waals surface area contributed by atoms with E-state index in [2.05, 4.69) is 28.7 Å². The second-order valence-corrected chi connectivity index (χ2v) is 4.43. The molecule has 4 nitrogen and oxygen atoms in total. The maximum absolute atomic E-state index is 5.81. The summed E-state index contributed by atoms with van der Waals surface area (Å²) in [6.07, 6.45) is 2.67. The lowest BCUT2D eigenvalue weighted by molar-refractivity contribution is 0.0440. The number of rotatable bonds is 3. The van der Waals surface area contributed by atoms with Gasteiger partial charge in [-0.2, -0.15) is 0 Å². The molecule has 0 spiro atoms. The minimum atomic E-state index is 0.130. The van der Waals surface area contributed by atoms with Crippen LogP contribution in [0.3, 0.4) is 0 Å². The highest BCUT2D eigenvalue weighted by Crippen LogP contribution is 2.33. The molecule has 0 unspecified atom stereocenters. The number of aromatic nitrogens is 1. The van der Waals surface area contributed by atoms with Crippen molar-refractivity contribution in [3.63, 3.8) is 0 Å². The number of fused-ring (bicyclic) bond motifs is 1. The van der Waals surface area contributed by atoms with Crippen molar-refractivity contribution in [3.8, 4) is 11.3 Å². The van der Waals surface area contributed by atoms with Crippen LogP contribution in [0, 0.1) is 0 Å². The van der Waals surface area contributed by atoms with Gasteiger partial charge in [0.15, 0.2) is 0 Å². The Morgan fingerprint density at radius 1 is 1.39 bits per heavy atom. The molecule has 0 amide bonds. The van der Waals surface area contributed by atoms with E-state index in [4.69, 9.17) is 9.26 Å². The predicted octanol–water partition coefficient (Wildman–Crippen LogP) is 2.17. The summed E-state index contributed by atoms with van der Waals surface area (Å²) in [5, 5.41) is 7.21. The zero-order chi connectivity index (χ0) is 12.4. The number of ether oxygens (including phenoxy) is 1. The molecular weight excluding hydrogens is 228 g/mol. The van der Waals surface area contributed by atoms with Crippen LogP contribution in [0.1, 0.15) is 17.2 Å². The molecular formula is C14H16N2O2. The summed E-state index contributed by atoms with van der Waals surface area (Å²) < 4.78 is 10.8. The minimum absolute atomic E-state index is 0.130. The summed E-state index contributed by atoms with van der Waals surface area (Å²) in [4.78, 5) is 0. The third-order valence-electron chi connectivity index (χ3n) is 3.33. The fourth-order valence-electron chi connectivity index (χ4n) is 2.52. The number of hydrogen-bond acceptors (Lipinski definition) is 4. The van der Waals surface area contributed by atoms with Crippen molar-refractivity contribution < 1.29 is 9.26 Å². The third kappa shape index (κ3) is 1.94. The average molecular weight is 244 g/mol. The van der Waals surface area contributed by atoms with Gasteiger partial charge in [-0.15, -0.1) is 0 Å². The largest absolute Gasteiger partial charge is 0.372 e. The van der Waals surface area contributed by atoms with Gasteiger partial charge < -0.3 is 14.6 Å². The third-order valence-corrected chi connectivity index (χ3v) is 3.33. The maximum atomic E-state index is 5.81. The van der Waals surface area contributed by atoms with E-state index < -0.39 is 0 Å². The first kappa shape index (κ1) is 11.4. The van der Waals surface area contributed by atoms with Crippen LogP contribution in [-0.4, -0.2) is 25.4 Å². The van der Waals surface area contributed by atoms with Gasteiger partial charge in [0.25, 0.3) is 0 Å². The Kier molecular flexibility index (Phi) is 3.13. The second kappa shape index (κ2) is 4.92. The van der Waals surface area contributed by atoms with Crippen molar-refractivity contribution in [1.29, 1.82) is 0 Å². The van der Waals surface area contributed by atoms with Crippen molar-refractivity contribution in [3.05, 3.63) is 41.7 Å². The molecule has 1 aromatic heterocycles. The van der Waals surface area contributed by atoms with Crippen molar-refractivity contribution >= 4 is 0 Å². The average Bonchev–Trinajstić information content (AvgIpc) is 2.93. The molecule has 94 valence electrons. The summed E-state index contributed by atoms with van der Waals surface area (Å²) >= 11 is 0. The lowest BCUT2D eigenvalue weighted by atomic mass is 9.91. The highest BCUT2D eigenvalue weighted by Gasteiger charge is 2.23. The molecule has 0 bridgehead atoms. The van der Waals surface area contributed by atoms with Gasteiger partial charge in [0.05, 0.1) is 12.7 Å². The summed E-state index contributed by atoms with van der Waals surface area (Å²) in [6.45, 7) is 1.59.